The molecule has 0 unspecified atom stereocenters. The van der Waals surface area contributed by atoms with E-state index in [0.29, 0.717) is 12.1 Å². The van der Waals surface area contributed by atoms with Crippen molar-refractivity contribution in [2.45, 2.75) is 6.61 Å². The fourth-order valence-electron chi connectivity index (χ4n) is 0.853. The number of hydrogen-bond donors (Lipinski definition) is 1. The molecule has 14 heavy (non-hydrogen) atoms. The van der Waals surface area contributed by atoms with Crippen LogP contribution in [0, 0.1) is 17.5 Å². The van der Waals surface area contributed by atoms with Crippen molar-refractivity contribution in [2.75, 3.05) is 0 Å². The van der Waals surface area contributed by atoms with Gasteiger partial charge in [0, 0.05) is 12.1 Å². The minimum absolute atomic E-state index is 0.489. The van der Waals surface area contributed by atoms with Crippen molar-refractivity contribution in [1.82, 2.24) is 0 Å². The lowest BCUT2D eigenvalue weighted by atomic mass is 10.2. The van der Waals surface area contributed by atoms with Gasteiger partial charge in [-0.3, -0.25) is 0 Å². The number of hydrogen-bond acceptors (Lipinski definition) is 2. The Morgan fingerprint density at radius 1 is 1.29 bits per heavy atom. The minimum Gasteiger partial charge on any atom is -0.445 e. The Labute approximate surface area is 77.3 Å². The molecule has 2 N–H and O–H groups in total. The second-order valence-electron chi connectivity index (χ2n) is 2.46. The SMILES string of the molecule is NC(=O)OCc1c(F)cc(F)cc1F. The maximum Gasteiger partial charge on any atom is 0.404 e. The van der Waals surface area contributed by atoms with Gasteiger partial charge in [0.2, 0.25) is 0 Å². The highest BCUT2D eigenvalue weighted by Gasteiger charge is 2.12. The molecule has 1 rings (SSSR count). The highest BCUT2D eigenvalue weighted by molar-refractivity contribution is 5.64. The quantitative estimate of drug-likeness (QED) is 0.798. The third-order valence-electron chi connectivity index (χ3n) is 1.46. The van der Waals surface area contributed by atoms with Gasteiger partial charge in [-0.2, -0.15) is 0 Å². The highest BCUT2D eigenvalue weighted by atomic mass is 19.1. The zero-order chi connectivity index (χ0) is 10.7. The van der Waals surface area contributed by atoms with Crippen molar-refractivity contribution >= 4 is 6.09 Å². The minimum atomic E-state index is -1.16. The molecule has 0 atom stereocenters. The van der Waals surface area contributed by atoms with E-state index >= 15 is 0 Å². The predicted octanol–water partition coefficient (Wildman–Crippen LogP) is 1.70. The van der Waals surface area contributed by atoms with Crippen molar-refractivity contribution in [1.29, 1.82) is 0 Å². The summed E-state index contributed by atoms with van der Waals surface area (Å²) in [6.07, 6.45) is -1.16. The number of carbonyl (C=O) groups excluding carboxylic acids is 1. The molecule has 1 aromatic rings. The summed E-state index contributed by atoms with van der Waals surface area (Å²) >= 11 is 0. The maximum atomic E-state index is 12.8. The molecule has 0 aromatic heterocycles. The number of nitrogens with two attached hydrogens (primary N) is 1. The van der Waals surface area contributed by atoms with Crippen LogP contribution in [-0.2, 0) is 11.3 Å². The molecule has 0 heterocycles. The molecular formula is C8H6F3NO2. The first-order valence-electron chi connectivity index (χ1n) is 3.56. The lowest BCUT2D eigenvalue weighted by molar-refractivity contribution is 0.147. The second kappa shape index (κ2) is 3.99. The first-order valence-corrected chi connectivity index (χ1v) is 3.56. The van der Waals surface area contributed by atoms with Gasteiger partial charge in [0.25, 0.3) is 0 Å². The Morgan fingerprint density at radius 2 is 1.79 bits per heavy atom. The summed E-state index contributed by atoms with van der Waals surface area (Å²) in [5, 5.41) is 0. The topological polar surface area (TPSA) is 52.3 Å². The van der Waals surface area contributed by atoms with Crippen LogP contribution in [0.25, 0.3) is 0 Å². The van der Waals surface area contributed by atoms with Crippen LogP contribution < -0.4 is 5.73 Å². The van der Waals surface area contributed by atoms with Gasteiger partial charge in [-0.1, -0.05) is 0 Å². The van der Waals surface area contributed by atoms with Crippen LogP contribution in [0.1, 0.15) is 5.56 Å². The molecule has 76 valence electrons. The molecule has 0 saturated carbocycles. The summed E-state index contributed by atoms with van der Waals surface area (Å²) in [5.41, 5.74) is 4.05. The monoisotopic (exact) mass is 205 g/mol. The Kier molecular flexibility index (Phi) is 2.95. The van der Waals surface area contributed by atoms with Gasteiger partial charge < -0.3 is 10.5 Å². The standard InChI is InChI=1S/C8H6F3NO2/c9-4-1-6(10)5(7(11)2-4)3-14-8(12)13/h1-2H,3H2,(H2,12,13). The Morgan fingerprint density at radius 3 is 2.21 bits per heavy atom. The van der Waals surface area contributed by atoms with E-state index < -0.39 is 35.7 Å². The molecular weight excluding hydrogens is 199 g/mol. The van der Waals surface area contributed by atoms with Gasteiger partial charge in [0.05, 0.1) is 5.56 Å². The van der Waals surface area contributed by atoms with E-state index in [1.165, 1.54) is 0 Å². The van der Waals surface area contributed by atoms with Crippen LogP contribution >= 0.6 is 0 Å². The molecule has 1 amide bonds. The molecule has 0 saturated heterocycles. The third-order valence-corrected chi connectivity index (χ3v) is 1.46. The molecule has 0 bridgehead atoms. The number of rotatable bonds is 2. The average Bonchev–Trinajstić information content (AvgIpc) is 2.01. The number of ether oxygens (including phenoxy) is 1. The third kappa shape index (κ3) is 2.38. The van der Waals surface area contributed by atoms with E-state index in [0.717, 1.165) is 0 Å². The predicted molar refractivity (Wildman–Crippen MR) is 40.7 cm³/mol. The summed E-state index contributed by atoms with van der Waals surface area (Å²) < 4.78 is 42.3. The summed E-state index contributed by atoms with van der Waals surface area (Å²) in [6, 6.07) is 0.978. The van der Waals surface area contributed by atoms with Gasteiger partial charge in [0.15, 0.2) is 0 Å². The number of benzene rings is 1. The first kappa shape index (κ1) is 10.4. The molecule has 0 aliphatic rings. The lowest BCUT2D eigenvalue weighted by Gasteiger charge is -2.04. The molecule has 6 heteroatoms. The fourth-order valence-corrected chi connectivity index (χ4v) is 0.853. The van der Waals surface area contributed by atoms with Gasteiger partial charge >= 0.3 is 6.09 Å². The maximum absolute atomic E-state index is 12.8. The molecule has 1 aromatic carbocycles. The van der Waals surface area contributed by atoms with Gasteiger partial charge in [-0.25, -0.2) is 18.0 Å². The second-order valence-corrected chi connectivity index (χ2v) is 2.46. The Hall–Kier alpha value is -1.72. The van der Waals surface area contributed by atoms with Crippen LogP contribution in [0.3, 0.4) is 0 Å². The molecule has 0 aliphatic heterocycles. The number of amides is 1. The van der Waals surface area contributed by atoms with E-state index in [4.69, 9.17) is 0 Å². The number of halogens is 3. The van der Waals surface area contributed by atoms with E-state index in [1.54, 1.807) is 0 Å². The van der Waals surface area contributed by atoms with E-state index in [1.807, 2.05) is 0 Å². The van der Waals surface area contributed by atoms with Gasteiger partial charge in [-0.15, -0.1) is 0 Å². The van der Waals surface area contributed by atoms with Crippen LogP contribution in [0.4, 0.5) is 18.0 Å². The summed E-state index contributed by atoms with van der Waals surface area (Å²) in [4.78, 5) is 10.1. The van der Waals surface area contributed by atoms with Crippen molar-refractivity contribution in [3.05, 3.63) is 35.1 Å². The zero-order valence-electron chi connectivity index (χ0n) is 6.89. The van der Waals surface area contributed by atoms with Gasteiger partial charge in [0.1, 0.15) is 24.1 Å². The average molecular weight is 205 g/mol. The van der Waals surface area contributed by atoms with E-state index in [9.17, 15) is 18.0 Å². The summed E-state index contributed by atoms with van der Waals surface area (Å²) in [6.45, 7) is -0.659. The van der Waals surface area contributed by atoms with E-state index in [-0.39, 0.29) is 0 Å². The van der Waals surface area contributed by atoms with Crippen LogP contribution in [0.5, 0.6) is 0 Å². The van der Waals surface area contributed by atoms with Crippen molar-refractivity contribution < 1.29 is 22.7 Å². The first-order chi connectivity index (χ1) is 6.50. The molecule has 0 radical (unpaired) electrons. The number of carbonyl (C=O) groups is 1. The molecule has 0 aliphatic carbocycles. The van der Waals surface area contributed by atoms with Crippen LogP contribution in [-0.4, -0.2) is 6.09 Å². The summed E-state index contributed by atoms with van der Waals surface area (Å²) in [7, 11) is 0. The normalized spacial score (nSPS) is 9.93. The zero-order valence-corrected chi connectivity index (χ0v) is 6.89. The van der Waals surface area contributed by atoms with E-state index in [2.05, 4.69) is 10.5 Å². The largest absolute Gasteiger partial charge is 0.445 e. The Balaban J connectivity index is 2.91. The number of primary amides is 1. The van der Waals surface area contributed by atoms with Crippen molar-refractivity contribution in [3.8, 4) is 0 Å². The molecule has 3 nitrogen and oxygen atoms in total. The smallest absolute Gasteiger partial charge is 0.404 e. The highest BCUT2D eigenvalue weighted by Crippen LogP contribution is 2.15. The lowest BCUT2D eigenvalue weighted by Crippen LogP contribution is -2.14. The molecule has 0 fully saturated rings. The summed E-state index contributed by atoms with van der Waals surface area (Å²) in [5.74, 6) is -3.28. The van der Waals surface area contributed by atoms with Crippen molar-refractivity contribution in [3.63, 3.8) is 0 Å². The van der Waals surface area contributed by atoms with Gasteiger partial charge in [-0.05, 0) is 0 Å². The molecule has 0 spiro atoms. The van der Waals surface area contributed by atoms with Crippen LogP contribution in [0.2, 0.25) is 0 Å². The fraction of sp³-hybridized carbons (Fsp3) is 0.125. The van der Waals surface area contributed by atoms with Crippen LogP contribution in [0.15, 0.2) is 12.1 Å². The van der Waals surface area contributed by atoms with Crippen molar-refractivity contribution in [2.24, 2.45) is 5.73 Å². The Bertz CT molecular complexity index is 345.